The lowest BCUT2D eigenvalue weighted by molar-refractivity contribution is 0.474. The zero-order valence-electron chi connectivity index (χ0n) is 10.1. The molecule has 0 heterocycles. The molecule has 2 nitrogen and oxygen atoms in total. The van der Waals surface area contributed by atoms with Gasteiger partial charge in [-0.05, 0) is 56.7 Å². The van der Waals surface area contributed by atoms with Crippen molar-refractivity contribution in [2.24, 2.45) is 11.8 Å². The van der Waals surface area contributed by atoms with E-state index in [4.69, 9.17) is 8.23 Å². The van der Waals surface area contributed by atoms with Crippen LogP contribution in [0.5, 0.6) is 0 Å². The molecule has 0 spiro atoms. The number of hydrogen-bond acceptors (Lipinski definition) is 2. The standard InChI is InChI=1S/C11H19O2Si3/c1-16(2,13-15-12-14)6-5-11-8-9-3-4-10(11)7-9/h8-10H,3-7H2,1-2H3. The molecule has 0 amide bonds. The van der Waals surface area contributed by atoms with E-state index in [9.17, 15) is 0 Å². The van der Waals surface area contributed by atoms with E-state index in [0.29, 0.717) is 0 Å². The molecular formula is C11H19O2Si3. The van der Waals surface area contributed by atoms with Crippen LogP contribution in [-0.2, 0) is 8.23 Å². The molecule has 0 aliphatic heterocycles. The second-order valence-electron chi connectivity index (χ2n) is 5.56. The third-order valence-corrected chi connectivity index (χ3v) is 8.15. The third-order valence-electron chi connectivity index (χ3n) is 3.82. The van der Waals surface area contributed by atoms with Gasteiger partial charge in [-0.25, -0.2) is 0 Å². The van der Waals surface area contributed by atoms with Gasteiger partial charge in [0.25, 0.3) is 0 Å². The first-order valence-corrected chi connectivity index (χ1v) is 10.4. The highest BCUT2D eigenvalue weighted by Gasteiger charge is 2.33. The molecule has 0 aromatic carbocycles. The Balaban J connectivity index is 1.77. The molecule has 0 aromatic heterocycles. The Morgan fingerprint density at radius 1 is 1.50 bits per heavy atom. The Labute approximate surface area is 106 Å². The smallest absolute Gasteiger partial charge is 0.409 e. The Bertz CT molecular complexity index is 278. The number of hydrogen-bond donors (Lipinski definition) is 0. The zero-order valence-corrected chi connectivity index (χ0v) is 13.1. The van der Waals surface area contributed by atoms with E-state index in [1.54, 1.807) is 5.57 Å². The fourth-order valence-corrected chi connectivity index (χ4v) is 5.60. The highest BCUT2D eigenvalue weighted by Crippen LogP contribution is 2.45. The first-order valence-electron chi connectivity index (χ1n) is 6.07. The average Bonchev–Trinajstić information content (AvgIpc) is 2.85. The quantitative estimate of drug-likeness (QED) is 0.544. The Kier molecular flexibility index (Phi) is 4.23. The van der Waals surface area contributed by atoms with Crippen molar-refractivity contribution in [3.63, 3.8) is 0 Å². The van der Waals surface area contributed by atoms with Crippen LogP contribution in [-0.4, -0.2) is 28.8 Å². The average molecular weight is 268 g/mol. The third kappa shape index (κ3) is 3.16. The van der Waals surface area contributed by atoms with Gasteiger partial charge < -0.3 is 8.23 Å². The highest BCUT2D eigenvalue weighted by atomic mass is 28.4. The van der Waals surface area contributed by atoms with Crippen LogP contribution in [0.15, 0.2) is 11.6 Å². The van der Waals surface area contributed by atoms with Gasteiger partial charge in [0.1, 0.15) is 0 Å². The van der Waals surface area contributed by atoms with Gasteiger partial charge in [-0.2, -0.15) is 0 Å². The van der Waals surface area contributed by atoms with Crippen LogP contribution in [0.4, 0.5) is 0 Å². The largest absolute Gasteiger partial charge is 0.435 e. The lowest BCUT2D eigenvalue weighted by Crippen LogP contribution is -2.32. The van der Waals surface area contributed by atoms with Gasteiger partial charge in [0, 0.05) is 0 Å². The van der Waals surface area contributed by atoms with E-state index in [2.05, 4.69) is 29.7 Å². The monoisotopic (exact) mass is 267 g/mol. The highest BCUT2D eigenvalue weighted by molar-refractivity contribution is 6.74. The second kappa shape index (κ2) is 5.31. The second-order valence-corrected chi connectivity index (χ2v) is 11.4. The molecule has 1 saturated carbocycles. The summed E-state index contributed by atoms with van der Waals surface area (Å²) in [5.74, 6) is 1.84. The predicted octanol–water partition coefficient (Wildman–Crippen LogP) is 2.59. The molecule has 2 aliphatic carbocycles. The van der Waals surface area contributed by atoms with Crippen LogP contribution in [0.1, 0.15) is 25.7 Å². The summed E-state index contributed by atoms with van der Waals surface area (Å²) < 4.78 is 10.6. The summed E-state index contributed by atoms with van der Waals surface area (Å²) in [6, 6.07) is 1.23. The molecule has 0 aromatic rings. The van der Waals surface area contributed by atoms with E-state index in [-0.39, 0.29) is 10.0 Å². The molecule has 5 radical (unpaired) electrons. The van der Waals surface area contributed by atoms with E-state index in [0.717, 1.165) is 11.8 Å². The van der Waals surface area contributed by atoms with Gasteiger partial charge in [-0.15, -0.1) is 0 Å². The summed E-state index contributed by atoms with van der Waals surface area (Å²) in [4.78, 5) is 0. The minimum Gasteiger partial charge on any atom is -0.435 e. The lowest BCUT2D eigenvalue weighted by atomic mass is 9.97. The fraction of sp³-hybridized carbons (Fsp3) is 0.818. The van der Waals surface area contributed by atoms with Crippen molar-refractivity contribution >= 4 is 28.8 Å². The van der Waals surface area contributed by atoms with Crippen molar-refractivity contribution in [1.82, 2.24) is 0 Å². The summed E-state index contributed by atoms with van der Waals surface area (Å²) >= 11 is 0. The number of rotatable bonds is 6. The molecule has 87 valence electrons. The van der Waals surface area contributed by atoms with Crippen LogP contribution in [0.2, 0.25) is 19.1 Å². The molecular weight excluding hydrogens is 248 g/mol. The Hall–Kier alpha value is 0.311. The van der Waals surface area contributed by atoms with Gasteiger partial charge in [-0.1, -0.05) is 11.6 Å². The maximum absolute atomic E-state index is 5.79. The molecule has 2 bridgehead atoms. The first kappa shape index (κ1) is 12.8. The van der Waals surface area contributed by atoms with Crippen LogP contribution in [0, 0.1) is 11.8 Å². The van der Waals surface area contributed by atoms with Crippen LogP contribution < -0.4 is 0 Å². The van der Waals surface area contributed by atoms with Crippen molar-refractivity contribution in [1.29, 1.82) is 0 Å². The summed E-state index contributed by atoms with van der Waals surface area (Å²) in [6.07, 6.45) is 8.10. The van der Waals surface area contributed by atoms with E-state index < -0.39 is 8.32 Å². The number of fused-ring (bicyclic) bond motifs is 2. The van der Waals surface area contributed by atoms with Crippen molar-refractivity contribution in [3.8, 4) is 0 Å². The normalized spacial score (nSPS) is 28.6. The van der Waals surface area contributed by atoms with Gasteiger partial charge >= 0.3 is 10.0 Å². The first-order chi connectivity index (χ1) is 7.61. The fourth-order valence-electron chi connectivity index (χ4n) is 2.86. The van der Waals surface area contributed by atoms with Crippen LogP contribution in [0.25, 0.3) is 0 Å². The summed E-state index contributed by atoms with van der Waals surface area (Å²) in [6.45, 7) is 4.55. The van der Waals surface area contributed by atoms with E-state index >= 15 is 0 Å². The van der Waals surface area contributed by atoms with Gasteiger partial charge in [0.2, 0.25) is 10.5 Å². The topological polar surface area (TPSA) is 18.5 Å². The molecule has 0 saturated heterocycles. The van der Waals surface area contributed by atoms with E-state index in [1.165, 1.54) is 31.7 Å². The Morgan fingerprint density at radius 2 is 2.31 bits per heavy atom. The molecule has 1 fully saturated rings. The molecule has 5 heteroatoms. The number of allylic oxidation sites excluding steroid dienone is 2. The van der Waals surface area contributed by atoms with Crippen LogP contribution in [0.3, 0.4) is 0 Å². The van der Waals surface area contributed by atoms with Crippen molar-refractivity contribution in [3.05, 3.63) is 11.6 Å². The van der Waals surface area contributed by atoms with Gasteiger partial charge in [-0.3, -0.25) is 0 Å². The molecule has 2 rings (SSSR count). The minimum atomic E-state index is -1.50. The maximum Gasteiger partial charge on any atom is 0.409 e. The van der Waals surface area contributed by atoms with Crippen LogP contribution >= 0.6 is 0 Å². The minimum absolute atomic E-state index is 0.145. The predicted molar refractivity (Wildman–Crippen MR) is 69.5 cm³/mol. The Morgan fingerprint density at radius 3 is 2.88 bits per heavy atom. The zero-order chi connectivity index (χ0) is 11.6. The molecule has 2 atom stereocenters. The maximum atomic E-state index is 5.79. The SMILES string of the molecule is C[Si](C)(CCC1=CC2CCC1C2)O[Si]O[Si]. The summed E-state index contributed by atoms with van der Waals surface area (Å²) in [7, 11) is 1.63. The van der Waals surface area contributed by atoms with Gasteiger partial charge in [0.05, 0.1) is 0 Å². The molecule has 2 unspecified atom stereocenters. The summed E-state index contributed by atoms with van der Waals surface area (Å²) in [5.41, 5.74) is 1.73. The lowest BCUT2D eigenvalue weighted by Gasteiger charge is -2.23. The van der Waals surface area contributed by atoms with Gasteiger partial charge in [0.15, 0.2) is 8.32 Å². The van der Waals surface area contributed by atoms with Crippen molar-refractivity contribution < 1.29 is 8.23 Å². The van der Waals surface area contributed by atoms with Crippen molar-refractivity contribution in [2.45, 2.75) is 44.8 Å². The molecule has 2 aliphatic rings. The molecule has 16 heavy (non-hydrogen) atoms. The summed E-state index contributed by atoms with van der Waals surface area (Å²) in [5, 5.41) is 0. The van der Waals surface area contributed by atoms with E-state index in [1.807, 2.05) is 0 Å². The van der Waals surface area contributed by atoms with Crippen molar-refractivity contribution in [2.75, 3.05) is 0 Å². The molecule has 0 N–H and O–H groups in total.